The molecule has 4 nitrogen and oxygen atoms in total. The Hall–Kier alpha value is -2.07. The van der Waals surface area contributed by atoms with Crippen LogP contribution >= 0.6 is 11.6 Å². The van der Waals surface area contributed by atoms with E-state index in [4.69, 9.17) is 11.6 Å². The predicted octanol–water partition coefficient (Wildman–Crippen LogP) is 3.45. The fourth-order valence-electron chi connectivity index (χ4n) is 2.71. The normalized spacial score (nSPS) is 18.0. The van der Waals surface area contributed by atoms with Gasteiger partial charge in [0.1, 0.15) is 5.69 Å². The van der Waals surface area contributed by atoms with Gasteiger partial charge < -0.3 is 10.2 Å². The van der Waals surface area contributed by atoms with Crippen LogP contribution in [0.4, 0.5) is 5.69 Å². The van der Waals surface area contributed by atoms with Crippen LogP contribution in [0.1, 0.15) is 23.3 Å². The van der Waals surface area contributed by atoms with E-state index in [2.05, 4.69) is 10.3 Å². The first-order valence-corrected chi connectivity index (χ1v) is 7.82. The molecule has 1 aliphatic rings. The van der Waals surface area contributed by atoms with Gasteiger partial charge in [0.2, 0.25) is 0 Å². The highest BCUT2D eigenvalue weighted by Crippen LogP contribution is 2.18. The lowest BCUT2D eigenvalue weighted by Crippen LogP contribution is -2.45. The third kappa shape index (κ3) is 3.57. The van der Waals surface area contributed by atoms with Gasteiger partial charge in [0.15, 0.2) is 0 Å². The van der Waals surface area contributed by atoms with E-state index in [1.807, 2.05) is 35.2 Å². The van der Waals surface area contributed by atoms with E-state index in [9.17, 15) is 4.79 Å². The van der Waals surface area contributed by atoms with Gasteiger partial charge in [0.05, 0.1) is 5.02 Å². The van der Waals surface area contributed by atoms with Crippen LogP contribution in [0, 0.1) is 0 Å². The summed E-state index contributed by atoms with van der Waals surface area (Å²) in [5.41, 5.74) is 1.54. The minimum Gasteiger partial charge on any atom is -0.381 e. The number of para-hydroxylation sites is 1. The summed E-state index contributed by atoms with van der Waals surface area (Å²) in [6, 6.07) is 13.7. The SMILES string of the molecule is O=C(c1ccc(Cl)cn1)N1CCCC(Nc2ccccc2)C1. The van der Waals surface area contributed by atoms with Crippen molar-refractivity contribution in [3.63, 3.8) is 0 Å². The molecule has 1 aromatic heterocycles. The molecule has 3 rings (SSSR count). The zero-order valence-electron chi connectivity index (χ0n) is 12.2. The number of amides is 1. The van der Waals surface area contributed by atoms with Crippen LogP contribution in [0.15, 0.2) is 48.7 Å². The summed E-state index contributed by atoms with van der Waals surface area (Å²) in [6.45, 7) is 1.47. The number of hydrogen-bond donors (Lipinski definition) is 1. The second-order valence-electron chi connectivity index (χ2n) is 5.46. The molecule has 1 amide bonds. The highest BCUT2D eigenvalue weighted by Gasteiger charge is 2.25. The largest absolute Gasteiger partial charge is 0.381 e. The van der Waals surface area contributed by atoms with E-state index in [1.165, 1.54) is 6.20 Å². The molecular weight excluding hydrogens is 298 g/mol. The molecule has 2 heterocycles. The molecule has 0 saturated carbocycles. The summed E-state index contributed by atoms with van der Waals surface area (Å²) in [6.07, 6.45) is 3.56. The zero-order valence-corrected chi connectivity index (χ0v) is 13.0. The predicted molar refractivity (Wildman–Crippen MR) is 88.2 cm³/mol. The van der Waals surface area contributed by atoms with Crippen LogP contribution in [-0.2, 0) is 0 Å². The number of hydrogen-bond acceptors (Lipinski definition) is 3. The van der Waals surface area contributed by atoms with E-state index in [-0.39, 0.29) is 11.9 Å². The number of halogens is 1. The zero-order chi connectivity index (χ0) is 15.4. The number of likely N-dealkylation sites (tertiary alicyclic amines) is 1. The van der Waals surface area contributed by atoms with Crippen molar-refractivity contribution in [2.24, 2.45) is 0 Å². The Kier molecular flexibility index (Phi) is 4.59. The summed E-state index contributed by atoms with van der Waals surface area (Å²) in [5.74, 6) is -0.0313. The van der Waals surface area contributed by atoms with Crippen LogP contribution in [0.5, 0.6) is 0 Å². The van der Waals surface area contributed by atoms with Crippen LogP contribution in [-0.4, -0.2) is 34.9 Å². The Morgan fingerprint density at radius 1 is 1.23 bits per heavy atom. The Morgan fingerprint density at radius 2 is 2.05 bits per heavy atom. The van der Waals surface area contributed by atoms with Crippen molar-refractivity contribution in [2.45, 2.75) is 18.9 Å². The van der Waals surface area contributed by atoms with Crippen LogP contribution < -0.4 is 5.32 Å². The molecule has 1 aromatic carbocycles. The number of benzene rings is 1. The van der Waals surface area contributed by atoms with Crippen LogP contribution in [0.2, 0.25) is 5.02 Å². The minimum absolute atomic E-state index is 0.0313. The van der Waals surface area contributed by atoms with Gasteiger partial charge >= 0.3 is 0 Å². The van der Waals surface area contributed by atoms with Gasteiger partial charge in [0.25, 0.3) is 5.91 Å². The monoisotopic (exact) mass is 315 g/mol. The first-order chi connectivity index (χ1) is 10.7. The standard InChI is InChI=1S/C17H18ClN3O/c18-13-8-9-16(19-11-13)17(22)21-10-4-7-15(12-21)20-14-5-2-1-3-6-14/h1-3,5-6,8-9,11,15,20H,4,7,10,12H2. The number of rotatable bonds is 3. The van der Waals surface area contributed by atoms with Gasteiger partial charge in [-0.05, 0) is 37.1 Å². The van der Waals surface area contributed by atoms with E-state index in [0.717, 1.165) is 25.1 Å². The summed E-state index contributed by atoms with van der Waals surface area (Å²) >= 11 is 5.82. The topological polar surface area (TPSA) is 45.2 Å². The van der Waals surface area contributed by atoms with Crippen molar-refractivity contribution in [2.75, 3.05) is 18.4 Å². The van der Waals surface area contributed by atoms with Crippen molar-refractivity contribution in [3.8, 4) is 0 Å². The van der Waals surface area contributed by atoms with Crippen molar-refractivity contribution in [1.29, 1.82) is 0 Å². The summed E-state index contributed by atoms with van der Waals surface area (Å²) in [4.78, 5) is 18.5. The lowest BCUT2D eigenvalue weighted by atomic mass is 10.0. The van der Waals surface area contributed by atoms with Crippen molar-refractivity contribution >= 4 is 23.2 Å². The maximum Gasteiger partial charge on any atom is 0.272 e. The third-order valence-electron chi connectivity index (χ3n) is 3.80. The number of anilines is 1. The molecule has 1 N–H and O–H groups in total. The molecule has 1 atom stereocenters. The first-order valence-electron chi connectivity index (χ1n) is 7.45. The van der Waals surface area contributed by atoms with Gasteiger partial charge in [-0.3, -0.25) is 4.79 Å². The quantitative estimate of drug-likeness (QED) is 0.943. The Bertz CT molecular complexity index is 630. The van der Waals surface area contributed by atoms with E-state index >= 15 is 0 Å². The molecule has 1 fully saturated rings. The molecule has 5 heteroatoms. The molecule has 0 aliphatic carbocycles. The minimum atomic E-state index is -0.0313. The highest BCUT2D eigenvalue weighted by atomic mass is 35.5. The number of nitrogens with one attached hydrogen (secondary N) is 1. The average molecular weight is 316 g/mol. The van der Waals surface area contributed by atoms with E-state index in [0.29, 0.717) is 17.3 Å². The molecule has 0 spiro atoms. The van der Waals surface area contributed by atoms with Crippen molar-refractivity contribution in [1.82, 2.24) is 9.88 Å². The Balaban J connectivity index is 1.65. The summed E-state index contributed by atoms with van der Waals surface area (Å²) in [5, 5.41) is 4.03. The molecular formula is C17H18ClN3O. The molecule has 0 radical (unpaired) electrons. The fourth-order valence-corrected chi connectivity index (χ4v) is 2.83. The van der Waals surface area contributed by atoms with Gasteiger partial charge in [-0.1, -0.05) is 29.8 Å². The maximum atomic E-state index is 12.5. The Morgan fingerprint density at radius 3 is 2.77 bits per heavy atom. The molecule has 2 aromatic rings. The first kappa shape index (κ1) is 14.9. The molecule has 1 saturated heterocycles. The smallest absolute Gasteiger partial charge is 0.272 e. The van der Waals surface area contributed by atoms with E-state index < -0.39 is 0 Å². The van der Waals surface area contributed by atoms with Crippen molar-refractivity contribution in [3.05, 3.63) is 59.4 Å². The number of carbonyl (C=O) groups is 1. The second-order valence-corrected chi connectivity index (χ2v) is 5.90. The fraction of sp³-hybridized carbons (Fsp3) is 0.294. The second kappa shape index (κ2) is 6.79. The third-order valence-corrected chi connectivity index (χ3v) is 4.02. The average Bonchev–Trinajstić information content (AvgIpc) is 2.56. The molecule has 22 heavy (non-hydrogen) atoms. The van der Waals surface area contributed by atoms with Gasteiger partial charge in [-0.2, -0.15) is 0 Å². The maximum absolute atomic E-state index is 12.5. The summed E-state index contributed by atoms with van der Waals surface area (Å²) < 4.78 is 0. The number of aromatic nitrogens is 1. The molecule has 1 unspecified atom stereocenters. The number of nitrogens with zero attached hydrogens (tertiary/aromatic N) is 2. The van der Waals surface area contributed by atoms with Gasteiger partial charge in [-0.15, -0.1) is 0 Å². The number of carbonyl (C=O) groups excluding carboxylic acids is 1. The van der Waals surface area contributed by atoms with Crippen molar-refractivity contribution < 1.29 is 4.79 Å². The number of piperidine rings is 1. The highest BCUT2D eigenvalue weighted by molar-refractivity contribution is 6.30. The van der Waals surface area contributed by atoms with Gasteiger partial charge in [0, 0.05) is 31.0 Å². The Labute approximate surface area is 135 Å². The molecule has 114 valence electrons. The lowest BCUT2D eigenvalue weighted by Gasteiger charge is -2.33. The summed E-state index contributed by atoms with van der Waals surface area (Å²) in [7, 11) is 0. The number of pyridine rings is 1. The molecule has 1 aliphatic heterocycles. The lowest BCUT2D eigenvalue weighted by molar-refractivity contribution is 0.0709. The van der Waals surface area contributed by atoms with E-state index in [1.54, 1.807) is 12.1 Å². The van der Waals surface area contributed by atoms with Crippen LogP contribution in [0.25, 0.3) is 0 Å². The van der Waals surface area contributed by atoms with Gasteiger partial charge in [-0.25, -0.2) is 4.98 Å². The molecule has 0 bridgehead atoms. The van der Waals surface area contributed by atoms with Crippen LogP contribution in [0.3, 0.4) is 0 Å².